The van der Waals surface area contributed by atoms with Crippen LogP contribution in [0, 0.1) is 6.92 Å². The van der Waals surface area contributed by atoms with Crippen molar-refractivity contribution in [3.05, 3.63) is 101 Å². The molecule has 1 fully saturated rings. The van der Waals surface area contributed by atoms with Crippen LogP contribution in [0.15, 0.2) is 77.8 Å². The Morgan fingerprint density at radius 1 is 0.957 bits per heavy atom. The van der Waals surface area contributed by atoms with E-state index < -0.39 is 5.92 Å². The van der Waals surface area contributed by atoms with E-state index in [4.69, 9.17) is 0 Å². The number of fused-ring (bicyclic) bond motifs is 1. The van der Waals surface area contributed by atoms with Crippen LogP contribution >= 0.6 is 0 Å². The summed E-state index contributed by atoms with van der Waals surface area (Å²) in [5.74, 6) is -1.34. The van der Waals surface area contributed by atoms with Gasteiger partial charge in [-0.3, -0.25) is 24.1 Å². The van der Waals surface area contributed by atoms with Crippen LogP contribution in [0.4, 0.5) is 22.7 Å². The number of ketones is 1. The van der Waals surface area contributed by atoms with Gasteiger partial charge in [0.15, 0.2) is 5.78 Å². The summed E-state index contributed by atoms with van der Waals surface area (Å²) in [6, 6.07) is 21.8. The number of nitrogens with zero attached hydrogens (tertiary/aromatic N) is 5. The summed E-state index contributed by atoms with van der Waals surface area (Å²) in [7, 11) is 2.14. The summed E-state index contributed by atoms with van der Waals surface area (Å²) in [6.07, 6.45) is 1.64. The lowest BCUT2D eigenvalue weighted by Crippen LogP contribution is -2.44. The smallest absolute Gasteiger partial charge is 0.273 e. The third-order valence-electron chi connectivity index (χ3n) is 8.36. The van der Waals surface area contributed by atoms with Crippen LogP contribution in [-0.4, -0.2) is 71.7 Å². The predicted molar refractivity (Wildman–Crippen MR) is 182 cm³/mol. The standard InChI is InChI=1S/C36H39N7O3/c1-23-19-32(43(40-23)36(2,3)4)35(46)38-27-8-6-7-24(20-27)33(44)25-9-14-31-29(21-25)30(34(45)39-31)22-37-26-10-12-28(13-11-26)42-17-15-41(5)16-18-42/h6-14,19-22,30H,15-18H2,1-5H3,(H,38,46)(H,39,45). The van der Waals surface area contributed by atoms with Crippen molar-refractivity contribution in [3.8, 4) is 0 Å². The molecule has 4 aromatic rings. The van der Waals surface area contributed by atoms with E-state index in [1.54, 1.807) is 59.4 Å². The molecule has 10 nitrogen and oxygen atoms in total. The number of benzene rings is 3. The minimum Gasteiger partial charge on any atom is -0.369 e. The van der Waals surface area contributed by atoms with E-state index in [1.165, 1.54) is 0 Å². The van der Waals surface area contributed by atoms with E-state index in [9.17, 15) is 14.4 Å². The molecule has 2 amide bonds. The summed E-state index contributed by atoms with van der Waals surface area (Å²) in [5.41, 5.74) is 5.44. The van der Waals surface area contributed by atoms with Crippen molar-refractivity contribution in [1.29, 1.82) is 0 Å². The van der Waals surface area contributed by atoms with Gasteiger partial charge in [0.25, 0.3) is 5.91 Å². The van der Waals surface area contributed by atoms with Gasteiger partial charge in [0.1, 0.15) is 11.6 Å². The number of piperazine rings is 1. The van der Waals surface area contributed by atoms with Crippen LogP contribution in [0.25, 0.3) is 0 Å². The molecule has 0 saturated carbocycles. The summed E-state index contributed by atoms with van der Waals surface area (Å²) in [6.45, 7) is 11.8. The maximum Gasteiger partial charge on any atom is 0.273 e. The Balaban J connectivity index is 1.17. The predicted octanol–water partition coefficient (Wildman–Crippen LogP) is 5.62. The van der Waals surface area contributed by atoms with E-state index in [1.807, 2.05) is 39.8 Å². The van der Waals surface area contributed by atoms with Crippen molar-refractivity contribution in [1.82, 2.24) is 14.7 Å². The van der Waals surface area contributed by atoms with E-state index in [-0.39, 0.29) is 23.1 Å². The molecule has 2 aliphatic rings. The van der Waals surface area contributed by atoms with Crippen LogP contribution < -0.4 is 15.5 Å². The monoisotopic (exact) mass is 617 g/mol. The maximum absolute atomic E-state index is 13.6. The average Bonchev–Trinajstić information content (AvgIpc) is 3.59. The number of carbonyl (C=O) groups is 3. The van der Waals surface area contributed by atoms with Gasteiger partial charge in [0.2, 0.25) is 5.91 Å². The van der Waals surface area contributed by atoms with Gasteiger partial charge < -0.3 is 20.4 Å². The molecular formula is C36H39N7O3. The number of aliphatic imine (C=N–C) groups is 1. The number of nitrogens with one attached hydrogen (secondary N) is 2. The summed E-state index contributed by atoms with van der Waals surface area (Å²) < 4.78 is 1.70. The molecule has 0 aliphatic carbocycles. The Morgan fingerprint density at radius 2 is 1.67 bits per heavy atom. The molecule has 2 N–H and O–H groups in total. The van der Waals surface area contributed by atoms with E-state index in [0.29, 0.717) is 33.8 Å². The molecule has 1 atom stereocenters. The van der Waals surface area contributed by atoms with Gasteiger partial charge in [-0.05, 0) is 101 Å². The fourth-order valence-corrected chi connectivity index (χ4v) is 5.82. The summed E-state index contributed by atoms with van der Waals surface area (Å²) >= 11 is 0. The number of anilines is 3. The molecular weight excluding hydrogens is 578 g/mol. The zero-order chi connectivity index (χ0) is 32.6. The molecule has 236 valence electrons. The number of aromatic nitrogens is 2. The molecule has 0 spiro atoms. The third-order valence-corrected chi connectivity index (χ3v) is 8.36. The molecule has 10 heteroatoms. The Kier molecular flexibility index (Phi) is 8.31. The highest BCUT2D eigenvalue weighted by atomic mass is 16.2. The fourth-order valence-electron chi connectivity index (χ4n) is 5.82. The fraction of sp³-hybridized carbons (Fsp3) is 0.306. The lowest BCUT2D eigenvalue weighted by Gasteiger charge is -2.34. The van der Waals surface area contributed by atoms with Gasteiger partial charge in [-0.25, -0.2) is 0 Å². The summed E-state index contributed by atoms with van der Waals surface area (Å²) in [5, 5.41) is 10.3. The highest BCUT2D eigenvalue weighted by Crippen LogP contribution is 2.34. The van der Waals surface area contributed by atoms with Crippen LogP contribution in [-0.2, 0) is 10.3 Å². The van der Waals surface area contributed by atoms with Crippen molar-refractivity contribution < 1.29 is 14.4 Å². The third kappa shape index (κ3) is 6.48. The Bertz CT molecular complexity index is 1830. The molecule has 1 saturated heterocycles. The van der Waals surface area contributed by atoms with Gasteiger partial charge in [-0.15, -0.1) is 0 Å². The zero-order valence-electron chi connectivity index (χ0n) is 26.9. The number of hydrogen-bond donors (Lipinski definition) is 2. The van der Waals surface area contributed by atoms with Crippen LogP contribution in [0.2, 0.25) is 0 Å². The number of aryl methyl sites for hydroxylation is 1. The Labute approximate surface area is 269 Å². The van der Waals surface area contributed by atoms with Crippen molar-refractivity contribution in [3.63, 3.8) is 0 Å². The number of carbonyl (C=O) groups excluding carboxylic acids is 3. The normalized spacial score (nSPS) is 16.8. The molecule has 2 aliphatic heterocycles. The minimum atomic E-state index is -0.623. The average molecular weight is 618 g/mol. The topological polar surface area (TPSA) is 112 Å². The SMILES string of the molecule is Cc1cc(C(=O)Nc2cccc(C(=O)c3ccc4c(c3)C(C=Nc3ccc(N5CCN(C)CC5)cc3)C(=O)N4)c2)n(C(C)(C)C)n1. The van der Waals surface area contributed by atoms with Crippen molar-refractivity contribution in [2.45, 2.75) is 39.2 Å². The van der Waals surface area contributed by atoms with E-state index >= 15 is 0 Å². The van der Waals surface area contributed by atoms with Gasteiger partial charge in [0, 0.05) is 60.6 Å². The van der Waals surface area contributed by atoms with Crippen molar-refractivity contribution in [2.75, 3.05) is 48.8 Å². The number of hydrogen-bond acceptors (Lipinski definition) is 7. The number of likely N-dealkylation sites (N-methyl/N-ethyl adjacent to an activating group) is 1. The van der Waals surface area contributed by atoms with E-state index in [0.717, 1.165) is 43.2 Å². The first kappa shape index (κ1) is 30.9. The first-order valence-electron chi connectivity index (χ1n) is 15.5. The zero-order valence-corrected chi connectivity index (χ0v) is 26.9. The second-order valence-electron chi connectivity index (χ2n) is 13.0. The molecule has 6 rings (SSSR count). The first-order chi connectivity index (χ1) is 22.0. The van der Waals surface area contributed by atoms with Crippen LogP contribution in [0.3, 0.4) is 0 Å². The molecule has 0 radical (unpaired) electrons. The first-order valence-corrected chi connectivity index (χ1v) is 15.5. The quantitative estimate of drug-likeness (QED) is 0.206. The number of rotatable bonds is 7. The largest absolute Gasteiger partial charge is 0.369 e. The lowest BCUT2D eigenvalue weighted by atomic mass is 9.96. The molecule has 3 aromatic carbocycles. The van der Waals surface area contributed by atoms with Crippen LogP contribution in [0.5, 0.6) is 0 Å². The number of amides is 2. The maximum atomic E-state index is 13.6. The molecule has 1 aromatic heterocycles. The highest BCUT2D eigenvalue weighted by Gasteiger charge is 2.30. The summed E-state index contributed by atoms with van der Waals surface area (Å²) in [4.78, 5) is 49.0. The molecule has 1 unspecified atom stereocenters. The van der Waals surface area contributed by atoms with Gasteiger partial charge in [-0.2, -0.15) is 5.10 Å². The Hall–Kier alpha value is -5.09. The molecule has 46 heavy (non-hydrogen) atoms. The van der Waals surface area contributed by atoms with Gasteiger partial charge in [0.05, 0.1) is 16.9 Å². The van der Waals surface area contributed by atoms with Gasteiger partial charge in [-0.1, -0.05) is 12.1 Å². The molecule has 3 heterocycles. The Morgan fingerprint density at radius 3 is 2.39 bits per heavy atom. The van der Waals surface area contributed by atoms with E-state index in [2.05, 4.69) is 49.7 Å². The lowest BCUT2D eigenvalue weighted by molar-refractivity contribution is -0.115. The highest BCUT2D eigenvalue weighted by molar-refractivity contribution is 6.15. The van der Waals surface area contributed by atoms with Crippen molar-refractivity contribution >= 4 is 46.6 Å². The molecule has 0 bridgehead atoms. The van der Waals surface area contributed by atoms with Crippen LogP contribution in [0.1, 0.15) is 64.4 Å². The second kappa shape index (κ2) is 12.4. The van der Waals surface area contributed by atoms with Crippen molar-refractivity contribution in [2.24, 2.45) is 4.99 Å². The van der Waals surface area contributed by atoms with Gasteiger partial charge >= 0.3 is 0 Å². The minimum absolute atomic E-state index is 0.188. The second-order valence-corrected chi connectivity index (χ2v) is 13.0.